The second-order valence-corrected chi connectivity index (χ2v) is 5.23. The number of hydrogen-bond donors (Lipinski definition) is 1. The number of rotatable bonds is 5. The fourth-order valence-corrected chi connectivity index (χ4v) is 2.36. The molecule has 1 atom stereocenters. The van der Waals surface area contributed by atoms with E-state index in [-0.39, 0.29) is 5.82 Å². The van der Waals surface area contributed by atoms with Gasteiger partial charge in [0.05, 0.1) is 0 Å². The van der Waals surface area contributed by atoms with Gasteiger partial charge in [-0.2, -0.15) is 11.8 Å². The summed E-state index contributed by atoms with van der Waals surface area (Å²) in [6, 6.07) is 6.06. The molecule has 0 bridgehead atoms. The molecule has 2 nitrogen and oxygen atoms in total. The Morgan fingerprint density at radius 2 is 2.24 bits per heavy atom. The molecule has 1 aromatic carbocycles. The van der Waals surface area contributed by atoms with E-state index in [4.69, 9.17) is 4.42 Å². The summed E-state index contributed by atoms with van der Waals surface area (Å²) in [5.41, 5.74) is 0.614. The molecule has 2 aromatic rings. The maximum Gasteiger partial charge on any atom is 0.134 e. The molecule has 0 aliphatic carbocycles. The van der Waals surface area contributed by atoms with Crippen molar-refractivity contribution < 1.29 is 13.9 Å². The summed E-state index contributed by atoms with van der Waals surface area (Å²) in [5.74, 6) is 2.16. The number of benzene rings is 1. The van der Waals surface area contributed by atoms with Gasteiger partial charge in [-0.25, -0.2) is 4.39 Å². The topological polar surface area (TPSA) is 33.4 Å². The maximum atomic E-state index is 13.0. The zero-order chi connectivity index (χ0) is 12.3. The summed E-state index contributed by atoms with van der Waals surface area (Å²) in [6.07, 6.45) is 0.0466. The van der Waals surface area contributed by atoms with E-state index in [0.717, 1.165) is 11.5 Å². The van der Waals surface area contributed by atoms with Crippen LogP contribution in [0.4, 0.5) is 4.39 Å². The monoisotopic (exact) mass is 254 g/mol. The Hall–Kier alpha value is -1.00. The number of aliphatic hydroxyl groups is 1. The Morgan fingerprint density at radius 3 is 3.00 bits per heavy atom. The minimum atomic E-state index is -0.607. The summed E-state index contributed by atoms with van der Waals surface area (Å²) in [5, 5.41) is 10.6. The van der Waals surface area contributed by atoms with E-state index in [1.165, 1.54) is 12.1 Å². The van der Waals surface area contributed by atoms with Crippen LogP contribution in [0.1, 0.15) is 25.2 Å². The lowest BCUT2D eigenvalue weighted by Crippen LogP contribution is -1.97. The van der Waals surface area contributed by atoms with E-state index >= 15 is 0 Å². The van der Waals surface area contributed by atoms with E-state index in [1.54, 1.807) is 23.9 Å². The van der Waals surface area contributed by atoms with Gasteiger partial charge in [-0.3, -0.25) is 0 Å². The molecule has 0 fully saturated rings. The molecule has 0 saturated carbocycles. The second kappa shape index (κ2) is 5.56. The molecule has 4 heteroatoms. The molecule has 0 saturated heterocycles. The number of hydrogen-bond acceptors (Lipinski definition) is 3. The Labute approximate surface area is 104 Å². The van der Waals surface area contributed by atoms with Gasteiger partial charge < -0.3 is 9.52 Å². The molecule has 17 heavy (non-hydrogen) atoms. The van der Waals surface area contributed by atoms with Crippen LogP contribution in [-0.4, -0.2) is 16.6 Å². The fourth-order valence-electron chi connectivity index (χ4n) is 1.68. The van der Waals surface area contributed by atoms with Crippen LogP contribution >= 0.6 is 11.8 Å². The van der Waals surface area contributed by atoms with E-state index in [9.17, 15) is 9.50 Å². The van der Waals surface area contributed by atoms with Crippen molar-refractivity contribution in [2.75, 3.05) is 11.5 Å². The van der Waals surface area contributed by atoms with Crippen molar-refractivity contribution in [1.82, 2.24) is 0 Å². The molecule has 0 radical (unpaired) electrons. The highest BCUT2D eigenvalue weighted by Crippen LogP contribution is 2.27. The first kappa shape index (κ1) is 12.5. The molecule has 1 N–H and O–H groups in total. The number of halogens is 1. The average molecular weight is 254 g/mol. The predicted octanol–water partition coefficient (Wildman–Crippen LogP) is 3.75. The first-order valence-electron chi connectivity index (χ1n) is 5.65. The third-order valence-electron chi connectivity index (χ3n) is 2.57. The Bertz CT molecular complexity index is 495. The SMILES string of the molecule is CCSCCC(O)c1cc2cc(F)ccc2o1. The third-order valence-corrected chi connectivity index (χ3v) is 3.50. The van der Waals surface area contributed by atoms with Crippen LogP contribution < -0.4 is 0 Å². The first-order chi connectivity index (χ1) is 8.20. The molecule has 0 aliphatic heterocycles. The zero-order valence-electron chi connectivity index (χ0n) is 9.65. The predicted molar refractivity (Wildman–Crippen MR) is 68.7 cm³/mol. The molecule has 0 amide bonds. The molecule has 1 aromatic heterocycles. The number of aliphatic hydroxyl groups excluding tert-OH is 1. The zero-order valence-corrected chi connectivity index (χ0v) is 10.5. The summed E-state index contributed by atoms with van der Waals surface area (Å²) in [6.45, 7) is 2.08. The maximum absolute atomic E-state index is 13.0. The van der Waals surface area contributed by atoms with E-state index in [2.05, 4.69) is 6.92 Å². The Balaban J connectivity index is 2.12. The lowest BCUT2D eigenvalue weighted by atomic mass is 10.2. The molecule has 92 valence electrons. The van der Waals surface area contributed by atoms with Gasteiger partial charge in [-0.05, 0) is 42.2 Å². The highest BCUT2D eigenvalue weighted by Gasteiger charge is 2.13. The van der Waals surface area contributed by atoms with Gasteiger partial charge in [0, 0.05) is 5.39 Å². The summed E-state index contributed by atoms with van der Waals surface area (Å²) in [4.78, 5) is 0. The van der Waals surface area contributed by atoms with Crippen LogP contribution in [0.15, 0.2) is 28.7 Å². The van der Waals surface area contributed by atoms with Crippen molar-refractivity contribution in [1.29, 1.82) is 0 Å². The highest BCUT2D eigenvalue weighted by molar-refractivity contribution is 7.99. The number of furan rings is 1. The van der Waals surface area contributed by atoms with E-state index in [0.29, 0.717) is 23.2 Å². The molecule has 0 spiro atoms. The molecule has 0 aliphatic rings. The Morgan fingerprint density at radius 1 is 1.41 bits per heavy atom. The Kier molecular flexibility index (Phi) is 4.07. The van der Waals surface area contributed by atoms with Crippen LogP contribution in [0.5, 0.6) is 0 Å². The van der Waals surface area contributed by atoms with Gasteiger partial charge in [0.2, 0.25) is 0 Å². The van der Waals surface area contributed by atoms with Crippen molar-refractivity contribution in [2.45, 2.75) is 19.4 Å². The van der Waals surface area contributed by atoms with Gasteiger partial charge in [-0.1, -0.05) is 6.92 Å². The number of fused-ring (bicyclic) bond motifs is 1. The minimum Gasteiger partial charge on any atom is -0.458 e. The van der Waals surface area contributed by atoms with Crippen LogP contribution in [0.25, 0.3) is 11.0 Å². The largest absolute Gasteiger partial charge is 0.458 e. The van der Waals surface area contributed by atoms with Crippen molar-refractivity contribution >= 4 is 22.7 Å². The molecule has 2 rings (SSSR count). The summed E-state index contributed by atoms with van der Waals surface area (Å²) >= 11 is 1.78. The van der Waals surface area contributed by atoms with Gasteiger partial charge in [0.25, 0.3) is 0 Å². The smallest absolute Gasteiger partial charge is 0.134 e. The van der Waals surface area contributed by atoms with Gasteiger partial charge in [0.1, 0.15) is 23.3 Å². The van der Waals surface area contributed by atoms with E-state index in [1.807, 2.05) is 0 Å². The number of thioether (sulfide) groups is 1. The van der Waals surface area contributed by atoms with Crippen molar-refractivity contribution in [3.8, 4) is 0 Å². The normalized spacial score (nSPS) is 13.1. The lowest BCUT2D eigenvalue weighted by Gasteiger charge is -2.05. The fraction of sp³-hybridized carbons (Fsp3) is 0.385. The molecule has 1 heterocycles. The van der Waals surface area contributed by atoms with Crippen LogP contribution in [-0.2, 0) is 0 Å². The summed E-state index contributed by atoms with van der Waals surface area (Å²) in [7, 11) is 0. The standard InChI is InChI=1S/C13H15FO2S/c1-2-17-6-5-11(15)13-8-9-7-10(14)3-4-12(9)16-13/h3-4,7-8,11,15H,2,5-6H2,1H3. The van der Waals surface area contributed by atoms with Gasteiger partial charge in [0.15, 0.2) is 0 Å². The molecular weight excluding hydrogens is 239 g/mol. The van der Waals surface area contributed by atoms with Crippen molar-refractivity contribution in [3.63, 3.8) is 0 Å². The average Bonchev–Trinajstić information content (AvgIpc) is 2.72. The van der Waals surface area contributed by atoms with Gasteiger partial charge >= 0.3 is 0 Å². The van der Waals surface area contributed by atoms with Crippen LogP contribution in [0.2, 0.25) is 0 Å². The third kappa shape index (κ3) is 3.01. The first-order valence-corrected chi connectivity index (χ1v) is 6.81. The van der Waals surface area contributed by atoms with Gasteiger partial charge in [-0.15, -0.1) is 0 Å². The van der Waals surface area contributed by atoms with Crippen molar-refractivity contribution in [3.05, 3.63) is 35.8 Å². The molecular formula is C13H15FO2S. The van der Waals surface area contributed by atoms with E-state index < -0.39 is 6.10 Å². The van der Waals surface area contributed by atoms with Crippen LogP contribution in [0.3, 0.4) is 0 Å². The molecule has 1 unspecified atom stereocenters. The summed E-state index contributed by atoms with van der Waals surface area (Å²) < 4.78 is 18.5. The highest BCUT2D eigenvalue weighted by atomic mass is 32.2. The lowest BCUT2D eigenvalue weighted by molar-refractivity contribution is 0.149. The second-order valence-electron chi connectivity index (χ2n) is 3.83. The van der Waals surface area contributed by atoms with Crippen molar-refractivity contribution in [2.24, 2.45) is 0 Å². The quantitative estimate of drug-likeness (QED) is 0.825. The van der Waals surface area contributed by atoms with Crippen LogP contribution in [0, 0.1) is 5.82 Å². The minimum absolute atomic E-state index is 0.291.